The standard InChI is InChI=1S/C22H22O7/c1-11(2)7-16(23)14-5-6-17-18(20(14)27-4)22(26)28-10-13-8-12(3)9-15(21(24)25)19(13)29-17/h5-6,8-9,11H,7,10H2,1-4H3,(H,24,25). The molecule has 7 nitrogen and oxygen atoms in total. The van der Waals surface area contributed by atoms with Crippen molar-refractivity contribution in [2.75, 3.05) is 7.11 Å². The summed E-state index contributed by atoms with van der Waals surface area (Å²) in [5.74, 6) is -1.68. The van der Waals surface area contributed by atoms with Gasteiger partial charge in [0, 0.05) is 12.0 Å². The van der Waals surface area contributed by atoms with Gasteiger partial charge in [-0.05, 0) is 42.7 Å². The van der Waals surface area contributed by atoms with Crippen molar-refractivity contribution in [3.8, 4) is 17.2 Å². The molecule has 152 valence electrons. The van der Waals surface area contributed by atoms with Crippen LogP contribution in [0, 0.1) is 12.8 Å². The van der Waals surface area contributed by atoms with Gasteiger partial charge in [0.1, 0.15) is 35.0 Å². The molecule has 3 rings (SSSR count). The van der Waals surface area contributed by atoms with E-state index in [1.807, 2.05) is 13.8 Å². The number of hydrogen-bond acceptors (Lipinski definition) is 6. The van der Waals surface area contributed by atoms with E-state index in [4.69, 9.17) is 14.2 Å². The number of aromatic carboxylic acids is 1. The summed E-state index contributed by atoms with van der Waals surface area (Å²) in [4.78, 5) is 37.1. The van der Waals surface area contributed by atoms with Gasteiger partial charge in [-0.3, -0.25) is 4.79 Å². The molecule has 29 heavy (non-hydrogen) atoms. The normalized spacial score (nSPS) is 12.8. The summed E-state index contributed by atoms with van der Waals surface area (Å²) in [6.07, 6.45) is 0.288. The number of carboxylic acid groups (broad SMARTS) is 1. The van der Waals surface area contributed by atoms with Gasteiger partial charge in [-0.15, -0.1) is 0 Å². The number of hydrogen-bond donors (Lipinski definition) is 1. The number of carbonyl (C=O) groups is 3. The fraction of sp³-hybridized carbons (Fsp3) is 0.318. The largest absolute Gasteiger partial charge is 0.495 e. The molecule has 2 aromatic carbocycles. The average Bonchev–Trinajstić information content (AvgIpc) is 2.64. The molecule has 0 saturated carbocycles. The van der Waals surface area contributed by atoms with Crippen molar-refractivity contribution in [1.82, 2.24) is 0 Å². The van der Waals surface area contributed by atoms with E-state index in [0.717, 1.165) is 0 Å². The van der Waals surface area contributed by atoms with Gasteiger partial charge in [0.2, 0.25) is 0 Å². The first-order chi connectivity index (χ1) is 13.7. The van der Waals surface area contributed by atoms with Gasteiger partial charge < -0.3 is 19.3 Å². The quantitative estimate of drug-likeness (QED) is 0.589. The third-order valence-corrected chi connectivity index (χ3v) is 4.53. The maximum absolute atomic E-state index is 12.7. The highest BCUT2D eigenvalue weighted by Crippen LogP contribution is 2.40. The molecular weight excluding hydrogens is 376 g/mol. The highest BCUT2D eigenvalue weighted by atomic mass is 16.5. The number of ether oxygens (including phenoxy) is 3. The van der Waals surface area contributed by atoms with Crippen molar-refractivity contribution in [2.45, 2.75) is 33.8 Å². The average molecular weight is 398 g/mol. The van der Waals surface area contributed by atoms with E-state index in [1.54, 1.807) is 13.0 Å². The summed E-state index contributed by atoms with van der Waals surface area (Å²) in [6, 6.07) is 6.18. The van der Waals surface area contributed by atoms with Crippen molar-refractivity contribution in [3.63, 3.8) is 0 Å². The van der Waals surface area contributed by atoms with Crippen molar-refractivity contribution < 1.29 is 33.7 Å². The lowest BCUT2D eigenvalue weighted by atomic mass is 9.97. The molecule has 0 spiro atoms. The van der Waals surface area contributed by atoms with Gasteiger partial charge in [0.05, 0.1) is 12.7 Å². The predicted octanol–water partition coefficient (Wildman–Crippen LogP) is 4.39. The monoisotopic (exact) mass is 398 g/mol. The van der Waals surface area contributed by atoms with Gasteiger partial charge in [0.25, 0.3) is 0 Å². The number of methoxy groups -OCH3 is 1. The predicted molar refractivity (Wildman–Crippen MR) is 104 cm³/mol. The van der Waals surface area contributed by atoms with Crippen molar-refractivity contribution >= 4 is 17.7 Å². The SMILES string of the molecule is COc1c(C(=O)CC(C)C)ccc2c1C(=O)OCc1cc(C)cc(C(=O)O)c1O2. The third kappa shape index (κ3) is 3.94. The Kier molecular flexibility index (Phi) is 5.59. The molecule has 0 amide bonds. The number of rotatable bonds is 5. The Morgan fingerprint density at radius 1 is 1.21 bits per heavy atom. The second-order valence-corrected chi connectivity index (χ2v) is 7.32. The van der Waals surface area contributed by atoms with Crippen LogP contribution in [0.5, 0.6) is 17.2 Å². The first kappa shape index (κ1) is 20.4. The number of Topliss-reactive ketones (excluding diaryl/α,β-unsaturated/α-hetero) is 1. The first-order valence-corrected chi connectivity index (χ1v) is 9.18. The Morgan fingerprint density at radius 3 is 2.55 bits per heavy atom. The first-order valence-electron chi connectivity index (χ1n) is 9.18. The molecular formula is C22H22O7. The molecule has 0 atom stereocenters. The fourth-order valence-corrected chi connectivity index (χ4v) is 3.32. The Balaban J connectivity index is 2.19. The van der Waals surface area contributed by atoms with Crippen LogP contribution in [0.2, 0.25) is 0 Å². The van der Waals surface area contributed by atoms with E-state index < -0.39 is 11.9 Å². The molecule has 0 unspecified atom stereocenters. The molecule has 0 bridgehead atoms. The summed E-state index contributed by atoms with van der Waals surface area (Å²) < 4.78 is 16.6. The van der Waals surface area contributed by atoms with Crippen LogP contribution in [0.25, 0.3) is 0 Å². The smallest absolute Gasteiger partial charge is 0.346 e. The summed E-state index contributed by atoms with van der Waals surface area (Å²) in [7, 11) is 1.35. The van der Waals surface area contributed by atoms with Crippen LogP contribution >= 0.6 is 0 Å². The Labute approximate surface area is 168 Å². The van der Waals surface area contributed by atoms with Gasteiger partial charge in [-0.2, -0.15) is 0 Å². The van der Waals surface area contributed by atoms with Crippen molar-refractivity contribution in [1.29, 1.82) is 0 Å². The highest BCUT2D eigenvalue weighted by molar-refractivity contribution is 6.05. The number of ketones is 1. The molecule has 0 radical (unpaired) electrons. The van der Waals surface area contributed by atoms with Crippen LogP contribution in [-0.2, 0) is 11.3 Å². The van der Waals surface area contributed by atoms with Crippen LogP contribution in [0.3, 0.4) is 0 Å². The molecule has 1 aliphatic rings. The van der Waals surface area contributed by atoms with E-state index in [9.17, 15) is 19.5 Å². The number of esters is 1. The summed E-state index contributed by atoms with van der Waals surface area (Å²) in [5.41, 5.74) is 1.32. The molecule has 2 aromatic rings. The minimum atomic E-state index is -1.16. The maximum Gasteiger partial charge on any atom is 0.346 e. The molecule has 0 fully saturated rings. The minimum absolute atomic E-state index is 0.0373. The molecule has 1 N–H and O–H groups in total. The van der Waals surface area contributed by atoms with Crippen LogP contribution in [-0.4, -0.2) is 29.9 Å². The topological polar surface area (TPSA) is 99.1 Å². The van der Waals surface area contributed by atoms with Crippen LogP contribution < -0.4 is 9.47 Å². The number of fused-ring (bicyclic) bond motifs is 2. The van der Waals surface area contributed by atoms with E-state index in [2.05, 4.69) is 0 Å². The summed E-state index contributed by atoms with van der Waals surface area (Å²) in [5, 5.41) is 9.57. The summed E-state index contributed by atoms with van der Waals surface area (Å²) >= 11 is 0. The molecule has 7 heteroatoms. The lowest BCUT2D eigenvalue weighted by molar-refractivity contribution is 0.0455. The van der Waals surface area contributed by atoms with Crippen LogP contribution in [0.15, 0.2) is 24.3 Å². The number of carbonyl (C=O) groups excluding carboxylic acids is 2. The van der Waals surface area contributed by atoms with Gasteiger partial charge in [-0.1, -0.05) is 13.8 Å². The number of aryl methyl sites for hydroxylation is 1. The second kappa shape index (κ2) is 7.95. The van der Waals surface area contributed by atoms with Crippen molar-refractivity contribution in [3.05, 3.63) is 52.1 Å². The molecule has 0 aromatic heterocycles. The van der Waals surface area contributed by atoms with Crippen LogP contribution in [0.4, 0.5) is 0 Å². The number of benzene rings is 2. The zero-order valence-corrected chi connectivity index (χ0v) is 16.7. The van der Waals surface area contributed by atoms with Crippen molar-refractivity contribution in [2.24, 2.45) is 5.92 Å². The Bertz CT molecular complexity index is 1000. The lowest BCUT2D eigenvalue weighted by Crippen LogP contribution is -2.16. The van der Waals surface area contributed by atoms with Crippen LogP contribution in [0.1, 0.15) is 62.5 Å². The Hall–Kier alpha value is -3.35. The highest BCUT2D eigenvalue weighted by Gasteiger charge is 2.30. The third-order valence-electron chi connectivity index (χ3n) is 4.53. The number of cyclic esters (lactones) is 1. The van der Waals surface area contributed by atoms with E-state index >= 15 is 0 Å². The van der Waals surface area contributed by atoms with E-state index in [-0.39, 0.29) is 58.7 Å². The van der Waals surface area contributed by atoms with E-state index in [0.29, 0.717) is 11.1 Å². The molecule has 0 aliphatic carbocycles. The Morgan fingerprint density at radius 2 is 1.93 bits per heavy atom. The molecule has 1 heterocycles. The second-order valence-electron chi connectivity index (χ2n) is 7.32. The van der Waals surface area contributed by atoms with Gasteiger partial charge in [0.15, 0.2) is 5.78 Å². The summed E-state index contributed by atoms with van der Waals surface area (Å²) in [6.45, 7) is 5.42. The zero-order valence-electron chi connectivity index (χ0n) is 16.7. The fourth-order valence-electron chi connectivity index (χ4n) is 3.32. The molecule has 1 aliphatic heterocycles. The van der Waals surface area contributed by atoms with E-state index in [1.165, 1.54) is 25.3 Å². The maximum atomic E-state index is 12.7. The van der Waals surface area contributed by atoms with Gasteiger partial charge in [-0.25, -0.2) is 9.59 Å². The zero-order chi connectivity index (χ0) is 21.3. The van der Waals surface area contributed by atoms with Gasteiger partial charge >= 0.3 is 11.9 Å². The lowest BCUT2D eigenvalue weighted by Gasteiger charge is -2.22. The minimum Gasteiger partial charge on any atom is -0.495 e. The number of carboxylic acids is 1. The molecule has 0 saturated heterocycles.